The van der Waals surface area contributed by atoms with Crippen LogP contribution in [-0.2, 0) is 9.59 Å². The fraction of sp³-hybridized carbons (Fsp3) is 0.222. The van der Waals surface area contributed by atoms with Gasteiger partial charge in [-0.05, 0) is 36.8 Å². The zero-order chi connectivity index (χ0) is 17.6. The zero-order valence-electron chi connectivity index (χ0n) is 13.4. The van der Waals surface area contributed by atoms with E-state index >= 15 is 0 Å². The molecule has 25 heavy (non-hydrogen) atoms. The number of anilines is 2. The van der Waals surface area contributed by atoms with Crippen molar-refractivity contribution in [1.82, 2.24) is 0 Å². The van der Waals surface area contributed by atoms with E-state index in [4.69, 9.17) is 16.3 Å². The molecule has 7 heteroatoms. The number of amides is 2. The summed E-state index contributed by atoms with van der Waals surface area (Å²) in [6.45, 7) is 0. The molecule has 1 fully saturated rings. The number of nitrogens with one attached hydrogen (secondary N) is 1. The highest BCUT2D eigenvalue weighted by Crippen LogP contribution is 2.56. The lowest BCUT2D eigenvalue weighted by molar-refractivity contribution is -0.121. The lowest BCUT2D eigenvalue weighted by atomic mass is 10.1. The fourth-order valence-corrected chi connectivity index (χ4v) is 4.88. The largest absolute Gasteiger partial charge is 0.495 e. The van der Waals surface area contributed by atoms with Gasteiger partial charge in [0.25, 0.3) is 5.91 Å². The van der Waals surface area contributed by atoms with Gasteiger partial charge in [-0.15, -0.1) is 0 Å². The molecule has 1 atom stereocenters. The first kappa shape index (κ1) is 16.3. The Bertz CT molecular complexity index is 888. The van der Waals surface area contributed by atoms with Crippen LogP contribution in [0.1, 0.15) is 12.8 Å². The zero-order valence-corrected chi connectivity index (χ0v) is 15.0. The molecule has 0 bridgehead atoms. The number of para-hydroxylation sites is 1. The Labute approximate surface area is 154 Å². The van der Waals surface area contributed by atoms with E-state index in [1.807, 2.05) is 24.3 Å². The van der Waals surface area contributed by atoms with E-state index in [0.29, 0.717) is 29.3 Å². The number of rotatable bonds is 3. The van der Waals surface area contributed by atoms with Crippen molar-refractivity contribution in [3.8, 4) is 5.75 Å². The molecule has 0 aliphatic carbocycles. The van der Waals surface area contributed by atoms with Crippen LogP contribution >= 0.6 is 23.4 Å². The molecule has 2 aromatic carbocycles. The standard InChI is InChI=1S/C18H15ClN2O3S/c1-24-14-7-6-11(19)10-12(14)20-17(23)18-9-8-16(22)21(18)13-4-2-3-5-15(13)25-18/h2-7,10H,8-9H2,1H3,(H,20,23)/t18-/m0/s1. The van der Waals surface area contributed by atoms with Crippen LogP contribution in [0.25, 0.3) is 0 Å². The minimum atomic E-state index is -0.964. The first-order chi connectivity index (χ1) is 12.0. The van der Waals surface area contributed by atoms with Gasteiger partial charge in [-0.25, -0.2) is 0 Å². The summed E-state index contributed by atoms with van der Waals surface area (Å²) in [7, 11) is 1.53. The Morgan fingerprint density at radius 2 is 2.12 bits per heavy atom. The van der Waals surface area contributed by atoms with Crippen molar-refractivity contribution in [2.24, 2.45) is 0 Å². The molecule has 5 nitrogen and oxygen atoms in total. The molecular weight excluding hydrogens is 360 g/mol. The highest BCUT2D eigenvalue weighted by molar-refractivity contribution is 8.02. The second-order valence-electron chi connectivity index (χ2n) is 5.88. The van der Waals surface area contributed by atoms with Crippen molar-refractivity contribution in [3.63, 3.8) is 0 Å². The summed E-state index contributed by atoms with van der Waals surface area (Å²) in [5.74, 6) is 0.233. The number of carbonyl (C=O) groups is 2. The van der Waals surface area contributed by atoms with Crippen molar-refractivity contribution < 1.29 is 14.3 Å². The highest BCUT2D eigenvalue weighted by Gasteiger charge is 2.57. The predicted molar refractivity (Wildman–Crippen MR) is 98.4 cm³/mol. The summed E-state index contributed by atoms with van der Waals surface area (Å²) >= 11 is 7.47. The van der Waals surface area contributed by atoms with Crippen LogP contribution in [0.2, 0.25) is 5.02 Å². The van der Waals surface area contributed by atoms with Gasteiger partial charge in [0.15, 0.2) is 4.87 Å². The minimum absolute atomic E-state index is 0.0364. The lowest BCUT2D eigenvalue weighted by Gasteiger charge is -2.29. The van der Waals surface area contributed by atoms with Gasteiger partial charge in [0.2, 0.25) is 5.91 Å². The first-order valence-corrected chi connectivity index (χ1v) is 9.01. The van der Waals surface area contributed by atoms with Crippen LogP contribution in [0.3, 0.4) is 0 Å². The van der Waals surface area contributed by atoms with Gasteiger partial charge >= 0.3 is 0 Å². The molecule has 2 aliphatic heterocycles. The molecule has 0 saturated carbocycles. The van der Waals surface area contributed by atoms with E-state index < -0.39 is 4.87 Å². The molecule has 0 unspecified atom stereocenters. The van der Waals surface area contributed by atoms with Crippen molar-refractivity contribution in [1.29, 1.82) is 0 Å². The normalized spacial score (nSPS) is 21.0. The summed E-state index contributed by atoms with van der Waals surface area (Å²) < 4.78 is 5.30. The summed E-state index contributed by atoms with van der Waals surface area (Å²) in [5, 5.41) is 3.39. The van der Waals surface area contributed by atoms with E-state index in [2.05, 4.69) is 5.32 Å². The van der Waals surface area contributed by atoms with E-state index in [1.165, 1.54) is 18.9 Å². The first-order valence-electron chi connectivity index (χ1n) is 7.81. The average molecular weight is 375 g/mol. The summed E-state index contributed by atoms with van der Waals surface area (Å²) in [6.07, 6.45) is 0.807. The van der Waals surface area contributed by atoms with Crippen molar-refractivity contribution in [3.05, 3.63) is 47.5 Å². The van der Waals surface area contributed by atoms with E-state index in [1.54, 1.807) is 23.1 Å². The van der Waals surface area contributed by atoms with Crippen LogP contribution in [0, 0.1) is 0 Å². The van der Waals surface area contributed by atoms with Gasteiger partial charge in [-0.2, -0.15) is 0 Å². The molecule has 128 valence electrons. The van der Waals surface area contributed by atoms with Gasteiger partial charge in [-0.3, -0.25) is 14.5 Å². The molecule has 2 aromatic rings. The van der Waals surface area contributed by atoms with E-state index in [0.717, 1.165) is 10.6 Å². The molecular formula is C18H15ClN2O3S. The number of hydrogen-bond acceptors (Lipinski definition) is 4. The Hall–Kier alpha value is -2.18. The average Bonchev–Trinajstić information content (AvgIpc) is 3.11. The number of nitrogens with zero attached hydrogens (tertiary/aromatic N) is 1. The van der Waals surface area contributed by atoms with Crippen LogP contribution < -0.4 is 15.0 Å². The van der Waals surface area contributed by atoms with Crippen LogP contribution in [0.15, 0.2) is 47.4 Å². The number of ether oxygens (including phenoxy) is 1. The quantitative estimate of drug-likeness (QED) is 0.884. The number of halogens is 1. The van der Waals surface area contributed by atoms with Crippen molar-refractivity contribution in [2.45, 2.75) is 22.6 Å². The van der Waals surface area contributed by atoms with E-state index in [-0.39, 0.29) is 11.8 Å². The summed E-state index contributed by atoms with van der Waals surface area (Å²) in [4.78, 5) is 27.2. The SMILES string of the molecule is COc1ccc(Cl)cc1NC(=O)[C@@]12CCC(=O)N1c1ccccc1S2. The molecule has 0 aromatic heterocycles. The number of hydrogen-bond donors (Lipinski definition) is 1. The smallest absolute Gasteiger partial charge is 0.261 e. The van der Waals surface area contributed by atoms with E-state index in [9.17, 15) is 9.59 Å². The van der Waals surface area contributed by atoms with Crippen LogP contribution in [0.5, 0.6) is 5.75 Å². The van der Waals surface area contributed by atoms with Gasteiger partial charge < -0.3 is 10.1 Å². The second-order valence-corrected chi connectivity index (χ2v) is 7.64. The third kappa shape index (κ3) is 2.48. The molecule has 0 radical (unpaired) electrons. The van der Waals surface area contributed by atoms with Crippen molar-refractivity contribution in [2.75, 3.05) is 17.3 Å². The van der Waals surface area contributed by atoms with Gasteiger partial charge in [0.05, 0.1) is 18.5 Å². The maximum Gasteiger partial charge on any atom is 0.261 e. The van der Waals surface area contributed by atoms with Gasteiger partial charge in [0, 0.05) is 16.3 Å². The monoisotopic (exact) mass is 374 g/mol. The Kier molecular flexibility index (Phi) is 3.89. The van der Waals surface area contributed by atoms with Gasteiger partial charge in [-0.1, -0.05) is 35.5 Å². The molecule has 1 N–H and O–H groups in total. The van der Waals surface area contributed by atoms with Gasteiger partial charge in [0.1, 0.15) is 5.75 Å². The maximum atomic E-state index is 13.2. The number of benzene rings is 2. The second kappa shape index (κ2) is 5.97. The minimum Gasteiger partial charge on any atom is -0.495 e. The Morgan fingerprint density at radius 3 is 2.92 bits per heavy atom. The maximum absolute atomic E-state index is 13.2. The molecule has 2 amide bonds. The predicted octanol–water partition coefficient (Wildman–Crippen LogP) is 3.92. The fourth-order valence-electron chi connectivity index (χ4n) is 3.30. The number of carbonyl (C=O) groups excluding carboxylic acids is 2. The molecule has 1 saturated heterocycles. The van der Waals surface area contributed by atoms with Crippen LogP contribution in [0.4, 0.5) is 11.4 Å². The number of methoxy groups -OCH3 is 1. The Balaban J connectivity index is 1.71. The summed E-state index contributed by atoms with van der Waals surface area (Å²) in [6, 6.07) is 12.6. The third-order valence-corrected chi connectivity index (χ3v) is 6.15. The third-order valence-electron chi connectivity index (χ3n) is 4.44. The molecule has 2 aliphatic rings. The highest BCUT2D eigenvalue weighted by atomic mass is 35.5. The molecule has 4 rings (SSSR count). The molecule has 2 heterocycles. The van der Waals surface area contributed by atoms with Crippen molar-refractivity contribution >= 4 is 46.6 Å². The Morgan fingerprint density at radius 1 is 1.32 bits per heavy atom. The topological polar surface area (TPSA) is 58.6 Å². The van der Waals surface area contributed by atoms with Crippen LogP contribution in [-0.4, -0.2) is 23.8 Å². The number of fused-ring (bicyclic) bond motifs is 3. The number of thioether (sulfide) groups is 1. The lowest BCUT2D eigenvalue weighted by Crippen LogP contribution is -2.49. The molecule has 0 spiro atoms. The summed E-state index contributed by atoms with van der Waals surface area (Å²) in [5.41, 5.74) is 1.29.